The summed E-state index contributed by atoms with van der Waals surface area (Å²) >= 11 is 6.15. The summed E-state index contributed by atoms with van der Waals surface area (Å²) in [5.74, 6) is -2.46. The molecular weight excluding hydrogens is 517 g/mol. The number of hydrogen-bond donors (Lipinski definition) is 2. The Kier molecular flexibility index (Phi) is 7.73. The third-order valence-electron chi connectivity index (χ3n) is 5.52. The van der Waals surface area contributed by atoms with E-state index >= 15 is 0 Å². The fraction of sp³-hybridized carbons (Fsp3) is 0.111. The largest absolute Gasteiger partial charge is 0.493 e. The van der Waals surface area contributed by atoms with E-state index in [-0.39, 0.29) is 28.4 Å². The number of halogens is 2. The van der Waals surface area contributed by atoms with Gasteiger partial charge in [0.25, 0.3) is 17.7 Å². The Hall–Kier alpha value is -4.70. The summed E-state index contributed by atoms with van der Waals surface area (Å²) in [5.41, 5.74) is 1.08. The first-order valence-electron chi connectivity index (χ1n) is 11.2. The zero-order valence-electron chi connectivity index (χ0n) is 20.2. The van der Waals surface area contributed by atoms with Crippen LogP contribution in [0, 0.1) is 12.7 Å². The number of benzene rings is 3. The van der Waals surface area contributed by atoms with Gasteiger partial charge in [-0.25, -0.2) is 14.1 Å². The Morgan fingerprint density at radius 3 is 2.55 bits per heavy atom. The number of anilines is 2. The molecule has 0 aromatic heterocycles. The number of amides is 5. The minimum atomic E-state index is -0.896. The molecule has 1 aliphatic rings. The van der Waals surface area contributed by atoms with Crippen molar-refractivity contribution >= 4 is 52.8 Å². The summed E-state index contributed by atoms with van der Waals surface area (Å²) in [5, 5.41) is 4.91. The predicted molar refractivity (Wildman–Crippen MR) is 139 cm³/mol. The number of ether oxygens (including phenoxy) is 2. The van der Waals surface area contributed by atoms with Gasteiger partial charge >= 0.3 is 6.03 Å². The number of carbonyl (C=O) groups excluding carboxylic acids is 4. The van der Waals surface area contributed by atoms with Crippen LogP contribution in [0.5, 0.6) is 11.5 Å². The van der Waals surface area contributed by atoms with Crippen LogP contribution in [0.2, 0.25) is 5.02 Å². The molecule has 0 aliphatic carbocycles. The van der Waals surface area contributed by atoms with Crippen molar-refractivity contribution in [3.05, 3.63) is 88.2 Å². The third kappa shape index (κ3) is 5.65. The van der Waals surface area contributed by atoms with Gasteiger partial charge in [0.15, 0.2) is 18.1 Å². The van der Waals surface area contributed by atoms with Crippen molar-refractivity contribution in [1.82, 2.24) is 5.32 Å². The molecule has 0 radical (unpaired) electrons. The maximum atomic E-state index is 13.7. The van der Waals surface area contributed by atoms with Crippen LogP contribution in [0.25, 0.3) is 6.08 Å². The standard InChI is InChI=1S/C27H21ClFN3O6/c1-15-7-9-17(13-19(15)28)32-26(35)18(25(34)31-27(32)36)11-16-8-10-22(23(12-16)37-2)38-14-24(33)30-21-6-4-3-5-20(21)29/h3-13H,14H2,1-2H3,(H,30,33)(H,31,34,36)/b18-11+. The highest BCUT2D eigenvalue weighted by atomic mass is 35.5. The first-order chi connectivity index (χ1) is 18.2. The second-order valence-corrected chi connectivity index (χ2v) is 8.53. The highest BCUT2D eigenvalue weighted by Crippen LogP contribution is 2.31. The van der Waals surface area contributed by atoms with E-state index in [4.69, 9.17) is 21.1 Å². The molecule has 4 rings (SSSR count). The topological polar surface area (TPSA) is 114 Å². The number of barbiturate groups is 1. The second-order valence-electron chi connectivity index (χ2n) is 8.12. The number of nitrogens with one attached hydrogen (secondary N) is 2. The maximum Gasteiger partial charge on any atom is 0.335 e. The first-order valence-corrected chi connectivity index (χ1v) is 11.6. The van der Waals surface area contributed by atoms with E-state index in [9.17, 15) is 23.6 Å². The number of carbonyl (C=O) groups is 4. The van der Waals surface area contributed by atoms with Crippen LogP contribution >= 0.6 is 11.6 Å². The average molecular weight is 538 g/mol. The van der Waals surface area contributed by atoms with Crippen molar-refractivity contribution in [1.29, 1.82) is 0 Å². The summed E-state index contributed by atoms with van der Waals surface area (Å²) in [7, 11) is 1.37. The average Bonchev–Trinajstić information content (AvgIpc) is 2.89. The third-order valence-corrected chi connectivity index (χ3v) is 5.93. The number of hydrogen-bond acceptors (Lipinski definition) is 6. The zero-order chi connectivity index (χ0) is 27.4. The van der Waals surface area contributed by atoms with Gasteiger partial charge in [0.1, 0.15) is 11.4 Å². The lowest BCUT2D eigenvalue weighted by Gasteiger charge is -2.26. The zero-order valence-corrected chi connectivity index (χ0v) is 21.0. The van der Waals surface area contributed by atoms with Crippen LogP contribution in [0.1, 0.15) is 11.1 Å². The van der Waals surface area contributed by atoms with Gasteiger partial charge in [0, 0.05) is 5.02 Å². The van der Waals surface area contributed by atoms with E-state index in [2.05, 4.69) is 10.6 Å². The minimum absolute atomic E-state index is 0.0193. The molecule has 9 nitrogen and oxygen atoms in total. The number of methoxy groups -OCH3 is 1. The summed E-state index contributed by atoms with van der Waals surface area (Å²) in [4.78, 5) is 51.0. The van der Waals surface area contributed by atoms with Gasteiger partial charge in [-0.15, -0.1) is 0 Å². The van der Waals surface area contributed by atoms with Crippen LogP contribution in [-0.2, 0) is 14.4 Å². The fourth-order valence-electron chi connectivity index (χ4n) is 3.56. The highest BCUT2D eigenvalue weighted by molar-refractivity contribution is 6.39. The monoisotopic (exact) mass is 537 g/mol. The number of imide groups is 2. The van der Waals surface area contributed by atoms with Gasteiger partial charge in [-0.3, -0.25) is 19.7 Å². The van der Waals surface area contributed by atoms with Crippen LogP contribution in [-0.4, -0.2) is 37.5 Å². The Morgan fingerprint density at radius 1 is 1.08 bits per heavy atom. The van der Waals surface area contributed by atoms with E-state index in [1.807, 2.05) is 0 Å². The quantitative estimate of drug-likeness (QED) is 0.339. The normalized spacial score (nSPS) is 14.4. The van der Waals surface area contributed by atoms with E-state index in [1.54, 1.807) is 25.1 Å². The fourth-order valence-corrected chi connectivity index (χ4v) is 3.74. The number of rotatable bonds is 7. The number of aryl methyl sites for hydroxylation is 1. The number of nitrogens with zero attached hydrogens (tertiary/aromatic N) is 1. The van der Waals surface area contributed by atoms with E-state index in [1.165, 1.54) is 55.7 Å². The summed E-state index contributed by atoms with van der Waals surface area (Å²) in [6.07, 6.45) is 1.30. The van der Waals surface area contributed by atoms with Gasteiger partial charge < -0.3 is 14.8 Å². The van der Waals surface area contributed by atoms with Crippen LogP contribution in [0.3, 0.4) is 0 Å². The van der Waals surface area contributed by atoms with Crippen LogP contribution in [0.4, 0.5) is 20.6 Å². The summed E-state index contributed by atoms with van der Waals surface area (Å²) in [6, 6.07) is 14.0. The van der Waals surface area contributed by atoms with Gasteiger partial charge in [-0.1, -0.05) is 35.9 Å². The SMILES string of the molecule is COc1cc(/C=C2\C(=O)NC(=O)N(c3ccc(C)c(Cl)c3)C2=O)ccc1OCC(=O)Nc1ccccc1F. The van der Waals surface area contributed by atoms with Crippen molar-refractivity contribution in [2.75, 3.05) is 23.9 Å². The molecule has 3 aromatic carbocycles. The van der Waals surface area contributed by atoms with Crippen molar-refractivity contribution in [2.45, 2.75) is 6.92 Å². The molecule has 194 valence electrons. The summed E-state index contributed by atoms with van der Waals surface area (Å²) < 4.78 is 24.6. The lowest BCUT2D eigenvalue weighted by molar-refractivity contribution is -0.122. The Balaban J connectivity index is 1.53. The van der Waals surface area contributed by atoms with Crippen molar-refractivity contribution in [3.63, 3.8) is 0 Å². The van der Waals surface area contributed by atoms with Crippen LogP contribution < -0.4 is 25.0 Å². The lowest BCUT2D eigenvalue weighted by atomic mass is 10.1. The van der Waals surface area contributed by atoms with Gasteiger partial charge in [0.05, 0.1) is 18.5 Å². The summed E-state index contributed by atoms with van der Waals surface area (Å²) in [6.45, 7) is 1.34. The molecular formula is C27H21ClFN3O6. The maximum absolute atomic E-state index is 13.7. The molecule has 5 amide bonds. The highest BCUT2D eigenvalue weighted by Gasteiger charge is 2.37. The van der Waals surface area contributed by atoms with Crippen molar-refractivity contribution in [2.24, 2.45) is 0 Å². The van der Waals surface area contributed by atoms with Gasteiger partial charge in [-0.2, -0.15) is 0 Å². The second kappa shape index (κ2) is 11.1. The molecule has 0 bridgehead atoms. The predicted octanol–water partition coefficient (Wildman–Crippen LogP) is 4.48. The van der Waals surface area contributed by atoms with E-state index in [0.717, 1.165) is 10.5 Å². The number of urea groups is 1. The van der Waals surface area contributed by atoms with E-state index in [0.29, 0.717) is 10.6 Å². The molecule has 1 heterocycles. The molecule has 11 heteroatoms. The molecule has 2 N–H and O–H groups in total. The molecule has 1 aliphatic heterocycles. The molecule has 38 heavy (non-hydrogen) atoms. The van der Waals surface area contributed by atoms with Crippen molar-refractivity contribution in [3.8, 4) is 11.5 Å². The Bertz CT molecular complexity index is 1490. The Morgan fingerprint density at radius 2 is 1.84 bits per heavy atom. The first kappa shape index (κ1) is 26.4. The number of para-hydroxylation sites is 1. The van der Waals surface area contributed by atoms with Gasteiger partial charge in [0.2, 0.25) is 0 Å². The van der Waals surface area contributed by atoms with Crippen molar-refractivity contribution < 1.29 is 33.0 Å². The smallest absolute Gasteiger partial charge is 0.335 e. The molecule has 0 unspecified atom stereocenters. The molecule has 3 aromatic rings. The Labute approximate surface area is 221 Å². The molecule has 1 fully saturated rings. The molecule has 0 saturated carbocycles. The van der Waals surface area contributed by atoms with Gasteiger partial charge in [-0.05, 0) is 60.5 Å². The lowest BCUT2D eigenvalue weighted by Crippen LogP contribution is -2.54. The minimum Gasteiger partial charge on any atom is -0.493 e. The molecule has 0 atom stereocenters. The van der Waals surface area contributed by atoms with E-state index < -0.39 is 36.2 Å². The molecule has 0 spiro atoms. The molecule has 1 saturated heterocycles. The van der Waals surface area contributed by atoms with Crippen LogP contribution in [0.15, 0.2) is 66.2 Å².